The van der Waals surface area contributed by atoms with Gasteiger partial charge in [0, 0.05) is 18.3 Å². The first-order chi connectivity index (χ1) is 13.2. The largest absolute Gasteiger partial charge is 0.486 e. The topological polar surface area (TPSA) is 69.7 Å². The van der Waals surface area contributed by atoms with Gasteiger partial charge in [-0.2, -0.15) is 0 Å². The summed E-state index contributed by atoms with van der Waals surface area (Å²) in [5.41, 5.74) is 1.62. The van der Waals surface area contributed by atoms with Gasteiger partial charge in [0.2, 0.25) is 11.8 Å². The molecule has 0 bridgehead atoms. The quantitative estimate of drug-likeness (QED) is 0.698. The third kappa shape index (κ3) is 5.26. The van der Waals surface area contributed by atoms with E-state index >= 15 is 0 Å². The molecule has 2 aromatic rings. The average Bonchev–Trinajstić information content (AvgIpc) is 2.67. The predicted octanol–water partition coefficient (Wildman–Crippen LogP) is 3.54. The molecular weight excluding hydrogens is 368 g/mol. The van der Waals surface area contributed by atoms with Crippen LogP contribution in [0.3, 0.4) is 0 Å². The fraction of sp³-hybridized carbons (Fsp3) is 0.400. The van der Waals surface area contributed by atoms with Crippen LogP contribution in [0.2, 0.25) is 5.02 Å². The molecule has 0 aliphatic carbocycles. The van der Waals surface area contributed by atoms with Gasteiger partial charge in [-0.15, -0.1) is 0 Å². The van der Waals surface area contributed by atoms with Crippen LogP contribution in [0.1, 0.15) is 30.9 Å². The highest BCUT2D eigenvalue weighted by molar-refractivity contribution is 6.32. The zero-order valence-electron chi connectivity index (χ0n) is 15.3. The number of fused-ring (bicyclic) bond motifs is 1. The van der Waals surface area contributed by atoms with E-state index in [1.54, 1.807) is 18.3 Å². The van der Waals surface area contributed by atoms with E-state index in [-0.39, 0.29) is 12.3 Å². The van der Waals surface area contributed by atoms with Crippen LogP contribution in [0.4, 0.5) is 0 Å². The second-order valence-corrected chi connectivity index (χ2v) is 6.63. The number of hydrogen-bond donors (Lipinski definition) is 1. The molecule has 0 radical (unpaired) electrons. The maximum absolute atomic E-state index is 12.3. The Morgan fingerprint density at radius 1 is 1.33 bits per heavy atom. The van der Waals surface area contributed by atoms with Crippen molar-refractivity contribution >= 4 is 17.5 Å². The van der Waals surface area contributed by atoms with Crippen LogP contribution < -0.4 is 19.5 Å². The van der Waals surface area contributed by atoms with Crippen LogP contribution in [-0.4, -0.2) is 30.7 Å². The first-order valence-corrected chi connectivity index (χ1v) is 9.46. The number of benzene rings is 1. The summed E-state index contributed by atoms with van der Waals surface area (Å²) in [6.45, 7) is 4.02. The molecule has 1 N–H and O–H groups in total. The van der Waals surface area contributed by atoms with Gasteiger partial charge in [-0.25, -0.2) is 4.98 Å². The molecule has 1 aliphatic heterocycles. The highest BCUT2D eigenvalue weighted by Gasteiger charge is 2.17. The molecule has 0 saturated heterocycles. The Labute approximate surface area is 163 Å². The van der Waals surface area contributed by atoms with E-state index < -0.39 is 0 Å². The summed E-state index contributed by atoms with van der Waals surface area (Å²) in [6, 6.07) is 7.26. The van der Waals surface area contributed by atoms with E-state index in [1.807, 2.05) is 12.1 Å². The molecule has 1 amide bonds. The number of nitrogens with one attached hydrogen (secondary N) is 1. The van der Waals surface area contributed by atoms with Gasteiger partial charge in [0.1, 0.15) is 13.2 Å². The van der Waals surface area contributed by atoms with E-state index in [0.717, 1.165) is 24.0 Å². The van der Waals surface area contributed by atoms with E-state index in [9.17, 15) is 4.79 Å². The molecule has 7 heteroatoms. The van der Waals surface area contributed by atoms with Crippen LogP contribution in [0.25, 0.3) is 0 Å². The van der Waals surface area contributed by atoms with Gasteiger partial charge in [-0.1, -0.05) is 31.0 Å². The van der Waals surface area contributed by atoms with Crippen molar-refractivity contribution in [2.45, 2.75) is 32.7 Å². The highest BCUT2D eigenvalue weighted by atomic mass is 35.5. The number of amides is 1. The Kier molecular flexibility index (Phi) is 6.76. The molecule has 0 saturated carbocycles. The third-order valence-corrected chi connectivity index (χ3v) is 4.36. The molecule has 0 fully saturated rings. The molecule has 0 unspecified atom stereocenters. The fourth-order valence-electron chi connectivity index (χ4n) is 2.71. The van der Waals surface area contributed by atoms with Crippen molar-refractivity contribution in [3.8, 4) is 17.4 Å². The maximum atomic E-state index is 12.3. The molecule has 1 aliphatic rings. The van der Waals surface area contributed by atoms with E-state index in [4.69, 9.17) is 25.8 Å². The second kappa shape index (κ2) is 9.46. The number of carbonyl (C=O) groups is 1. The standard InChI is InChI=1S/C20H23ClN2O4/c1-2-3-7-27-20-15(5-4-6-22-20)13-23-18(24)12-14-10-16(21)19-17(11-14)25-8-9-26-19/h4-6,10-11H,2-3,7-9,12-13H2,1H3,(H,23,24). The molecule has 27 heavy (non-hydrogen) atoms. The first-order valence-electron chi connectivity index (χ1n) is 9.08. The number of aromatic nitrogens is 1. The van der Waals surface area contributed by atoms with Crippen molar-refractivity contribution in [3.63, 3.8) is 0 Å². The maximum Gasteiger partial charge on any atom is 0.224 e. The number of rotatable bonds is 8. The monoisotopic (exact) mass is 390 g/mol. The van der Waals surface area contributed by atoms with E-state index in [1.165, 1.54) is 0 Å². The summed E-state index contributed by atoms with van der Waals surface area (Å²) in [5, 5.41) is 3.36. The van der Waals surface area contributed by atoms with Crippen molar-refractivity contribution in [2.24, 2.45) is 0 Å². The molecule has 6 nitrogen and oxygen atoms in total. The number of carbonyl (C=O) groups excluding carboxylic acids is 1. The van der Waals surface area contributed by atoms with Crippen LogP contribution in [0.15, 0.2) is 30.5 Å². The van der Waals surface area contributed by atoms with E-state index in [2.05, 4.69) is 17.2 Å². The van der Waals surface area contributed by atoms with Crippen LogP contribution in [0, 0.1) is 0 Å². The van der Waals surface area contributed by atoms with Crippen molar-refractivity contribution in [1.82, 2.24) is 10.3 Å². The smallest absolute Gasteiger partial charge is 0.224 e. The number of pyridine rings is 1. The molecule has 0 spiro atoms. The normalized spacial score (nSPS) is 12.5. The molecule has 0 atom stereocenters. The molecule has 144 valence electrons. The Hall–Kier alpha value is -2.47. The van der Waals surface area contributed by atoms with Crippen LogP contribution >= 0.6 is 11.6 Å². The highest BCUT2D eigenvalue weighted by Crippen LogP contribution is 2.38. The minimum absolute atomic E-state index is 0.119. The molecule has 1 aromatic heterocycles. The van der Waals surface area contributed by atoms with Gasteiger partial charge in [0.05, 0.1) is 18.1 Å². The van der Waals surface area contributed by atoms with Crippen molar-refractivity contribution in [3.05, 3.63) is 46.6 Å². The summed E-state index contributed by atoms with van der Waals surface area (Å²) < 4.78 is 16.7. The van der Waals surface area contributed by atoms with Crippen molar-refractivity contribution in [2.75, 3.05) is 19.8 Å². The third-order valence-electron chi connectivity index (χ3n) is 4.08. The fourth-order valence-corrected chi connectivity index (χ4v) is 3.00. The molecule has 3 rings (SSSR count). The molecular formula is C20H23ClN2O4. The van der Waals surface area contributed by atoms with Gasteiger partial charge >= 0.3 is 0 Å². The Morgan fingerprint density at radius 2 is 2.19 bits per heavy atom. The number of ether oxygens (including phenoxy) is 3. The minimum Gasteiger partial charge on any atom is -0.486 e. The predicted molar refractivity (Wildman–Crippen MR) is 103 cm³/mol. The number of unbranched alkanes of at least 4 members (excludes halogenated alkanes) is 1. The SMILES string of the molecule is CCCCOc1ncccc1CNC(=O)Cc1cc(Cl)c2c(c1)OCCO2. The summed E-state index contributed by atoms with van der Waals surface area (Å²) in [4.78, 5) is 16.6. The zero-order chi connectivity index (χ0) is 19.1. The van der Waals surface area contributed by atoms with Crippen molar-refractivity contribution < 1.29 is 19.0 Å². The van der Waals surface area contributed by atoms with Gasteiger partial charge < -0.3 is 19.5 Å². The van der Waals surface area contributed by atoms with E-state index in [0.29, 0.717) is 48.8 Å². The van der Waals surface area contributed by atoms with Gasteiger partial charge in [-0.3, -0.25) is 4.79 Å². The second-order valence-electron chi connectivity index (χ2n) is 6.23. The van der Waals surface area contributed by atoms with Crippen molar-refractivity contribution in [1.29, 1.82) is 0 Å². The number of halogens is 1. The average molecular weight is 391 g/mol. The Balaban J connectivity index is 1.58. The first kappa shape index (κ1) is 19.3. The summed E-state index contributed by atoms with van der Waals surface area (Å²) in [6.07, 6.45) is 3.90. The molecule has 2 heterocycles. The van der Waals surface area contributed by atoms with Gasteiger partial charge in [0.25, 0.3) is 0 Å². The lowest BCUT2D eigenvalue weighted by atomic mass is 10.1. The lowest BCUT2D eigenvalue weighted by Gasteiger charge is -2.20. The summed E-state index contributed by atoms with van der Waals surface area (Å²) in [5.74, 6) is 1.56. The van der Waals surface area contributed by atoms with Crippen LogP contribution in [0.5, 0.6) is 17.4 Å². The summed E-state index contributed by atoms with van der Waals surface area (Å²) >= 11 is 6.22. The lowest BCUT2D eigenvalue weighted by Crippen LogP contribution is -2.25. The number of hydrogen-bond acceptors (Lipinski definition) is 5. The molecule has 1 aromatic carbocycles. The minimum atomic E-state index is -0.119. The number of nitrogens with zero attached hydrogens (tertiary/aromatic N) is 1. The zero-order valence-corrected chi connectivity index (χ0v) is 16.1. The summed E-state index contributed by atoms with van der Waals surface area (Å²) in [7, 11) is 0. The Bertz CT molecular complexity index is 798. The van der Waals surface area contributed by atoms with Crippen LogP contribution in [-0.2, 0) is 17.8 Å². The van der Waals surface area contributed by atoms with Gasteiger partial charge in [-0.05, 0) is 30.2 Å². The van der Waals surface area contributed by atoms with Gasteiger partial charge in [0.15, 0.2) is 11.5 Å². The lowest BCUT2D eigenvalue weighted by molar-refractivity contribution is -0.120. The Morgan fingerprint density at radius 3 is 3.04 bits per heavy atom.